The third kappa shape index (κ3) is 2.86. The molecule has 0 atom stereocenters. The number of aryl methyl sites for hydroxylation is 4. The molecule has 8 bridgehead atoms. The quantitative estimate of drug-likeness (QED) is 0.704. The molecule has 3 aromatic heterocycles. The Morgan fingerprint density at radius 3 is 1.81 bits per heavy atom. The molecule has 0 aliphatic carbocycles. The molecule has 0 spiro atoms. The van der Waals surface area contributed by atoms with Crippen LogP contribution in [0.2, 0.25) is 0 Å². The standard InChI is InChI=1S/C21H20N4O/c1-26-21-12-19-10-17-5-4-15(23-17)8-13-2-3-14(22-13)9-16-6-7-18(24-16)11-20(21)25-19/h2-3,8-12,22,25H,4-7H2,1H3. The van der Waals surface area contributed by atoms with Gasteiger partial charge >= 0.3 is 0 Å². The van der Waals surface area contributed by atoms with E-state index in [4.69, 9.17) is 14.7 Å². The predicted octanol–water partition coefficient (Wildman–Crippen LogP) is 3.89. The SMILES string of the molecule is COc1cc2cc3nc(cc4ccc(cc5nc(cc1[nH]2)CC5)[nH]4)CC3. The molecule has 2 N–H and O–H groups in total. The predicted molar refractivity (Wildman–Crippen MR) is 102 cm³/mol. The Labute approximate surface area is 151 Å². The summed E-state index contributed by atoms with van der Waals surface area (Å²) in [4.78, 5) is 16.4. The second-order valence-electron chi connectivity index (χ2n) is 6.84. The molecule has 130 valence electrons. The monoisotopic (exact) mass is 344 g/mol. The number of ether oxygens (including phenoxy) is 1. The number of aromatic nitrogens is 4. The molecule has 5 rings (SSSR count). The molecule has 3 aromatic rings. The van der Waals surface area contributed by atoms with Crippen LogP contribution in [0.1, 0.15) is 22.8 Å². The zero-order chi connectivity index (χ0) is 17.5. The van der Waals surface area contributed by atoms with E-state index in [9.17, 15) is 0 Å². The summed E-state index contributed by atoms with van der Waals surface area (Å²) in [5, 5.41) is 0. The second-order valence-corrected chi connectivity index (χ2v) is 6.84. The molecule has 0 saturated heterocycles. The van der Waals surface area contributed by atoms with Crippen molar-refractivity contribution >= 4 is 22.1 Å². The van der Waals surface area contributed by atoms with E-state index in [1.165, 1.54) is 0 Å². The number of hydrogen-bond acceptors (Lipinski definition) is 3. The minimum atomic E-state index is 0.837. The van der Waals surface area contributed by atoms with Gasteiger partial charge in [0.15, 0.2) is 0 Å². The average molecular weight is 344 g/mol. The summed E-state index contributed by atoms with van der Waals surface area (Å²) in [6, 6.07) is 14.7. The van der Waals surface area contributed by atoms with E-state index in [0.29, 0.717) is 0 Å². The van der Waals surface area contributed by atoms with E-state index in [-0.39, 0.29) is 0 Å². The molecule has 5 nitrogen and oxygen atoms in total. The van der Waals surface area contributed by atoms with Gasteiger partial charge in [-0.25, -0.2) is 0 Å². The lowest BCUT2D eigenvalue weighted by Gasteiger charge is -1.93. The van der Waals surface area contributed by atoms with Gasteiger partial charge in [0.05, 0.1) is 12.6 Å². The molecule has 0 aromatic carbocycles. The Morgan fingerprint density at radius 2 is 1.23 bits per heavy atom. The Morgan fingerprint density at radius 1 is 0.692 bits per heavy atom. The van der Waals surface area contributed by atoms with E-state index >= 15 is 0 Å². The number of fused-ring (bicyclic) bond motifs is 8. The van der Waals surface area contributed by atoms with Gasteiger partial charge < -0.3 is 14.7 Å². The minimum Gasteiger partial charge on any atom is -0.494 e. The molecule has 0 radical (unpaired) electrons. The number of nitrogens with one attached hydrogen (secondary N) is 2. The lowest BCUT2D eigenvalue weighted by Crippen LogP contribution is -1.81. The summed E-state index contributed by atoms with van der Waals surface area (Å²) in [7, 11) is 1.70. The Bertz CT molecular complexity index is 1140. The number of nitrogens with zero attached hydrogens (tertiary/aromatic N) is 2. The van der Waals surface area contributed by atoms with Crippen molar-refractivity contribution in [3.8, 4) is 5.75 Å². The van der Waals surface area contributed by atoms with Crippen LogP contribution in [0.3, 0.4) is 0 Å². The zero-order valence-electron chi connectivity index (χ0n) is 14.7. The van der Waals surface area contributed by atoms with Crippen LogP contribution < -0.4 is 4.74 Å². The fraction of sp³-hybridized carbons (Fsp3) is 0.238. The van der Waals surface area contributed by atoms with Crippen LogP contribution in [-0.2, 0) is 25.7 Å². The first kappa shape index (κ1) is 15.2. The van der Waals surface area contributed by atoms with Crippen LogP contribution in [-0.4, -0.2) is 27.0 Å². The van der Waals surface area contributed by atoms with Crippen molar-refractivity contribution < 1.29 is 4.74 Å². The molecule has 0 fully saturated rings. The van der Waals surface area contributed by atoms with Crippen LogP contribution in [0, 0.1) is 0 Å². The van der Waals surface area contributed by atoms with Crippen molar-refractivity contribution in [1.82, 2.24) is 19.9 Å². The van der Waals surface area contributed by atoms with Crippen LogP contribution in [0.5, 0.6) is 5.75 Å². The zero-order valence-corrected chi connectivity index (χ0v) is 14.7. The lowest BCUT2D eigenvalue weighted by atomic mass is 10.2. The van der Waals surface area contributed by atoms with Crippen LogP contribution in [0.4, 0.5) is 0 Å². The highest BCUT2D eigenvalue weighted by molar-refractivity contribution is 5.70. The summed E-state index contributed by atoms with van der Waals surface area (Å²) in [6.45, 7) is 0. The number of aromatic amines is 2. The van der Waals surface area contributed by atoms with Gasteiger partial charge in [-0.1, -0.05) is 0 Å². The van der Waals surface area contributed by atoms with Crippen LogP contribution >= 0.6 is 0 Å². The van der Waals surface area contributed by atoms with Gasteiger partial charge in [-0.15, -0.1) is 0 Å². The van der Waals surface area contributed by atoms with Gasteiger partial charge in [0.25, 0.3) is 0 Å². The number of hydrogen-bond donors (Lipinski definition) is 2. The van der Waals surface area contributed by atoms with E-state index < -0.39 is 0 Å². The Kier molecular flexibility index (Phi) is 3.52. The molecule has 5 heteroatoms. The van der Waals surface area contributed by atoms with Crippen molar-refractivity contribution in [2.24, 2.45) is 0 Å². The molecule has 0 saturated carbocycles. The normalized spacial score (nSPS) is 13.7. The third-order valence-electron chi connectivity index (χ3n) is 4.91. The maximum absolute atomic E-state index is 5.54. The highest BCUT2D eigenvalue weighted by atomic mass is 16.5. The van der Waals surface area contributed by atoms with Crippen molar-refractivity contribution in [2.75, 3.05) is 7.11 Å². The molecular weight excluding hydrogens is 324 g/mol. The van der Waals surface area contributed by atoms with Crippen molar-refractivity contribution in [1.29, 1.82) is 0 Å². The van der Waals surface area contributed by atoms with Crippen LogP contribution in [0.15, 0.2) is 42.5 Å². The van der Waals surface area contributed by atoms with Gasteiger partial charge in [-0.2, -0.15) is 0 Å². The molecule has 2 aliphatic rings. The third-order valence-corrected chi connectivity index (χ3v) is 4.91. The first-order valence-electron chi connectivity index (χ1n) is 8.97. The smallest absolute Gasteiger partial charge is 0.144 e. The molecule has 26 heavy (non-hydrogen) atoms. The average Bonchev–Trinajstić information content (AvgIpc) is 3.39. The first-order chi connectivity index (χ1) is 12.7. The number of H-pyrrole nitrogens is 2. The van der Waals surface area contributed by atoms with Gasteiger partial charge in [-0.3, -0.25) is 9.97 Å². The van der Waals surface area contributed by atoms with Crippen molar-refractivity contribution in [3.05, 3.63) is 65.2 Å². The van der Waals surface area contributed by atoms with E-state index in [0.717, 1.165) is 76.3 Å². The van der Waals surface area contributed by atoms with Gasteiger partial charge in [0, 0.05) is 45.4 Å². The van der Waals surface area contributed by atoms with Crippen LogP contribution in [0.25, 0.3) is 22.1 Å². The maximum atomic E-state index is 5.54. The molecule has 0 amide bonds. The highest BCUT2D eigenvalue weighted by Gasteiger charge is 2.09. The Balaban J connectivity index is 1.83. The summed E-state index contributed by atoms with van der Waals surface area (Å²) < 4.78 is 5.54. The first-order valence-corrected chi connectivity index (χ1v) is 8.97. The van der Waals surface area contributed by atoms with Gasteiger partial charge in [-0.05, 0) is 62.1 Å². The molecular formula is C21H20N4O. The highest BCUT2D eigenvalue weighted by Crippen LogP contribution is 2.23. The van der Waals surface area contributed by atoms with E-state index in [1.807, 2.05) is 6.07 Å². The van der Waals surface area contributed by atoms with E-state index in [2.05, 4.69) is 46.4 Å². The fourth-order valence-electron chi connectivity index (χ4n) is 3.65. The van der Waals surface area contributed by atoms with Gasteiger partial charge in [0.1, 0.15) is 5.75 Å². The number of methoxy groups -OCH3 is 1. The summed E-state index contributed by atoms with van der Waals surface area (Å²) >= 11 is 0. The second kappa shape index (κ2) is 6.02. The molecule has 2 aliphatic heterocycles. The topological polar surface area (TPSA) is 66.6 Å². The summed E-state index contributed by atoms with van der Waals surface area (Å²) in [5.74, 6) is 0.837. The molecule has 0 unspecified atom stereocenters. The lowest BCUT2D eigenvalue weighted by molar-refractivity contribution is 0.420. The van der Waals surface area contributed by atoms with Gasteiger partial charge in [0.2, 0.25) is 0 Å². The van der Waals surface area contributed by atoms with E-state index in [1.54, 1.807) is 7.11 Å². The van der Waals surface area contributed by atoms with Crippen molar-refractivity contribution in [3.63, 3.8) is 0 Å². The fourth-order valence-corrected chi connectivity index (χ4v) is 3.65. The minimum absolute atomic E-state index is 0.837. The number of rotatable bonds is 1. The van der Waals surface area contributed by atoms with Crippen molar-refractivity contribution in [2.45, 2.75) is 25.7 Å². The Hall–Kier alpha value is -3.08. The summed E-state index contributed by atoms with van der Waals surface area (Å²) in [5.41, 5.74) is 8.50. The summed E-state index contributed by atoms with van der Waals surface area (Å²) in [6.07, 6.45) is 3.82. The maximum Gasteiger partial charge on any atom is 0.144 e. The molecule has 5 heterocycles. The largest absolute Gasteiger partial charge is 0.494 e.